The molecule has 0 unspecified atom stereocenters. The number of hydrogen-bond acceptors (Lipinski definition) is 5. The van der Waals surface area contributed by atoms with Gasteiger partial charge in [-0.1, -0.05) is 60.7 Å². The number of carbonyl (C=O) groups is 2. The zero-order valence-corrected chi connectivity index (χ0v) is 19.1. The highest BCUT2D eigenvalue weighted by Crippen LogP contribution is 2.40. The quantitative estimate of drug-likeness (QED) is 0.329. The molecule has 1 N–H and O–H groups in total. The van der Waals surface area contributed by atoms with Gasteiger partial charge in [-0.2, -0.15) is 0 Å². The van der Waals surface area contributed by atoms with Crippen LogP contribution in [0.3, 0.4) is 0 Å². The molecule has 0 aliphatic carbocycles. The Balaban J connectivity index is 1.53. The minimum atomic E-state index is -0.488. The van der Waals surface area contributed by atoms with Crippen LogP contribution in [0, 0.1) is 6.92 Å². The van der Waals surface area contributed by atoms with E-state index in [4.69, 9.17) is 9.47 Å². The van der Waals surface area contributed by atoms with Crippen LogP contribution in [0.25, 0.3) is 11.1 Å². The van der Waals surface area contributed by atoms with Gasteiger partial charge in [0.1, 0.15) is 22.9 Å². The molecule has 1 aromatic heterocycles. The summed E-state index contributed by atoms with van der Waals surface area (Å²) in [6, 6.07) is 26.4. The molecular weight excluding hydrogens is 434 g/mol. The van der Waals surface area contributed by atoms with Crippen LogP contribution in [0.15, 0.2) is 84.9 Å². The lowest BCUT2D eigenvalue weighted by atomic mass is 10.0. The van der Waals surface area contributed by atoms with Gasteiger partial charge in [0.2, 0.25) is 0 Å². The van der Waals surface area contributed by atoms with Crippen molar-refractivity contribution in [1.82, 2.24) is 0 Å². The van der Waals surface area contributed by atoms with E-state index in [1.807, 2.05) is 67.6 Å². The number of carbonyl (C=O) groups excluding carboxylic acids is 2. The Labute approximate surface area is 196 Å². The van der Waals surface area contributed by atoms with Crippen molar-refractivity contribution >= 4 is 28.2 Å². The minimum Gasteiger partial charge on any atom is -0.489 e. The Morgan fingerprint density at radius 1 is 0.879 bits per heavy atom. The lowest BCUT2D eigenvalue weighted by Crippen LogP contribution is -2.14. The van der Waals surface area contributed by atoms with Crippen LogP contribution < -0.4 is 10.1 Å². The van der Waals surface area contributed by atoms with Crippen molar-refractivity contribution in [3.05, 3.63) is 106 Å². The van der Waals surface area contributed by atoms with Gasteiger partial charge in [0.05, 0.1) is 7.11 Å². The Morgan fingerprint density at radius 2 is 1.52 bits per heavy atom. The number of thiophene rings is 1. The number of anilines is 1. The molecule has 0 radical (unpaired) electrons. The van der Waals surface area contributed by atoms with Crippen molar-refractivity contribution in [3.8, 4) is 16.9 Å². The molecule has 4 aromatic rings. The molecule has 0 aliphatic rings. The summed E-state index contributed by atoms with van der Waals surface area (Å²) in [5, 5.41) is 3.35. The molecule has 3 aromatic carbocycles. The molecule has 0 fully saturated rings. The van der Waals surface area contributed by atoms with E-state index in [1.54, 1.807) is 24.3 Å². The van der Waals surface area contributed by atoms with Crippen LogP contribution in [-0.2, 0) is 11.3 Å². The zero-order chi connectivity index (χ0) is 23.2. The van der Waals surface area contributed by atoms with Crippen LogP contribution in [0.2, 0.25) is 0 Å². The molecule has 0 spiro atoms. The number of rotatable bonds is 7. The van der Waals surface area contributed by atoms with E-state index >= 15 is 0 Å². The highest BCUT2D eigenvalue weighted by Gasteiger charge is 2.25. The summed E-state index contributed by atoms with van der Waals surface area (Å²) in [6.07, 6.45) is 0. The van der Waals surface area contributed by atoms with E-state index in [2.05, 4.69) is 5.32 Å². The molecule has 1 heterocycles. The number of amides is 1. The van der Waals surface area contributed by atoms with Crippen LogP contribution >= 0.6 is 11.3 Å². The third-order valence-electron chi connectivity index (χ3n) is 5.13. The zero-order valence-electron chi connectivity index (χ0n) is 18.3. The summed E-state index contributed by atoms with van der Waals surface area (Å²) < 4.78 is 10.8. The smallest absolute Gasteiger partial charge is 0.341 e. The lowest BCUT2D eigenvalue weighted by Gasteiger charge is -2.09. The topological polar surface area (TPSA) is 64.6 Å². The fourth-order valence-electron chi connectivity index (χ4n) is 3.50. The Bertz CT molecular complexity index is 1250. The number of esters is 1. The average Bonchev–Trinajstić information content (AvgIpc) is 3.19. The standard InChI is InChI=1S/C27H23NO4S/c1-18-23(20-11-7-4-8-12-20)24(27(30)31-2)26(33-18)28-25(29)21-13-15-22(16-14-21)32-17-19-9-5-3-6-10-19/h3-16H,17H2,1-2H3,(H,28,29). The van der Waals surface area contributed by atoms with Gasteiger partial charge in [-0.05, 0) is 42.3 Å². The first-order chi connectivity index (χ1) is 16.1. The molecular formula is C27H23NO4S. The second-order valence-corrected chi connectivity index (χ2v) is 8.57. The molecule has 0 bridgehead atoms. The fraction of sp³-hybridized carbons (Fsp3) is 0.111. The maximum atomic E-state index is 12.9. The lowest BCUT2D eigenvalue weighted by molar-refractivity contribution is 0.0603. The highest BCUT2D eigenvalue weighted by molar-refractivity contribution is 7.17. The Morgan fingerprint density at radius 3 is 2.15 bits per heavy atom. The molecule has 5 nitrogen and oxygen atoms in total. The fourth-order valence-corrected chi connectivity index (χ4v) is 4.56. The van der Waals surface area contributed by atoms with Crippen LogP contribution in [0.1, 0.15) is 31.2 Å². The Hall–Kier alpha value is -3.90. The van der Waals surface area contributed by atoms with Crippen molar-refractivity contribution in [3.63, 3.8) is 0 Å². The van der Waals surface area contributed by atoms with E-state index in [0.29, 0.717) is 28.5 Å². The molecule has 0 saturated carbocycles. The van der Waals surface area contributed by atoms with Crippen molar-refractivity contribution in [2.75, 3.05) is 12.4 Å². The number of aryl methyl sites for hydroxylation is 1. The largest absolute Gasteiger partial charge is 0.489 e. The summed E-state index contributed by atoms with van der Waals surface area (Å²) in [5.41, 5.74) is 3.56. The van der Waals surface area contributed by atoms with Gasteiger partial charge in [-0.3, -0.25) is 4.79 Å². The molecule has 4 rings (SSSR count). The summed E-state index contributed by atoms with van der Waals surface area (Å²) >= 11 is 1.35. The normalized spacial score (nSPS) is 10.5. The van der Waals surface area contributed by atoms with Gasteiger partial charge in [-0.15, -0.1) is 11.3 Å². The summed E-state index contributed by atoms with van der Waals surface area (Å²) in [5.74, 6) is -0.127. The molecule has 0 atom stereocenters. The second-order valence-electron chi connectivity index (χ2n) is 7.35. The Kier molecular flexibility index (Phi) is 6.86. The van der Waals surface area contributed by atoms with Crippen molar-refractivity contribution < 1.29 is 19.1 Å². The molecule has 166 valence electrons. The molecule has 1 amide bonds. The first-order valence-corrected chi connectivity index (χ1v) is 11.2. The SMILES string of the molecule is COC(=O)c1c(NC(=O)c2ccc(OCc3ccccc3)cc2)sc(C)c1-c1ccccc1. The van der Waals surface area contributed by atoms with Crippen molar-refractivity contribution in [2.45, 2.75) is 13.5 Å². The number of benzene rings is 3. The van der Waals surface area contributed by atoms with Gasteiger partial charge < -0.3 is 14.8 Å². The van der Waals surface area contributed by atoms with Crippen molar-refractivity contribution in [2.24, 2.45) is 0 Å². The van der Waals surface area contributed by atoms with Gasteiger partial charge in [0.25, 0.3) is 5.91 Å². The predicted molar refractivity (Wildman–Crippen MR) is 131 cm³/mol. The predicted octanol–water partition coefficient (Wildman–Crippen LogP) is 6.34. The monoisotopic (exact) mass is 457 g/mol. The molecule has 0 saturated heterocycles. The number of ether oxygens (including phenoxy) is 2. The summed E-state index contributed by atoms with van der Waals surface area (Å²) in [6.45, 7) is 2.37. The van der Waals surface area contributed by atoms with Gasteiger partial charge in [0, 0.05) is 16.0 Å². The van der Waals surface area contributed by atoms with Crippen LogP contribution in [-0.4, -0.2) is 19.0 Å². The van der Waals surface area contributed by atoms with Gasteiger partial charge >= 0.3 is 5.97 Å². The maximum absolute atomic E-state index is 12.9. The first kappa shape index (κ1) is 22.3. The van der Waals surface area contributed by atoms with Crippen LogP contribution in [0.4, 0.5) is 5.00 Å². The molecule has 0 aliphatic heterocycles. The van der Waals surface area contributed by atoms with E-state index in [-0.39, 0.29) is 5.91 Å². The first-order valence-electron chi connectivity index (χ1n) is 10.4. The third-order valence-corrected chi connectivity index (χ3v) is 6.15. The summed E-state index contributed by atoms with van der Waals surface area (Å²) in [4.78, 5) is 26.5. The molecule has 6 heteroatoms. The average molecular weight is 458 g/mol. The number of methoxy groups -OCH3 is 1. The minimum absolute atomic E-state index is 0.310. The third kappa shape index (κ3) is 5.13. The van der Waals surface area contributed by atoms with E-state index in [1.165, 1.54) is 18.4 Å². The number of nitrogens with one attached hydrogen (secondary N) is 1. The van der Waals surface area contributed by atoms with E-state index in [9.17, 15) is 9.59 Å². The summed E-state index contributed by atoms with van der Waals surface area (Å²) in [7, 11) is 1.34. The highest BCUT2D eigenvalue weighted by atomic mass is 32.1. The van der Waals surface area contributed by atoms with Gasteiger partial charge in [0.15, 0.2) is 0 Å². The van der Waals surface area contributed by atoms with E-state index < -0.39 is 5.97 Å². The van der Waals surface area contributed by atoms with E-state index in [0.717, 1.165) is 21.6 Å². The van der Waals surface area contributed by atoms with Gasteiger partial charge in [-0.25, -0.2) is 4.79 Å². The second kappa shape index (κ2) is 10.1. The molecule has 33 heavy (non-hydrogen) atoms. The maximum Gasteiger partial charge on any atom is 0.341 e. The van der Waals surface area contributed by atoms with Crippen LogP contribution in [0.5, 0.6) is 5.75 Å². The van der Waals surface area contributed by atoms with Crippen molar-refractivity contribution in [1.29, 1.82) is 0 Å². The number of hydrogen-bond donors (Lipinski definition) is 1.